The minimum atomic E-state index is 0.454. The molecule has 128 valence electrons. The third-order valence-corrected chi connectivity index (χ3v) is 5.43. The van der Waals surface area contributed by atoms with Gasteiger partial charge in [-0.05, 0) is 53.5 Å². The van der Waals surface area contributed by atoms with Crippen molar-refractivity contribution < 1.29 is 0 Å². The number of rotatable bonds is 5. The monoisotopic (exact) mass is 321 g/mol. The zero-order valence-corrected chi connectivity index (χ0v) is 15.5. The van der Waals surface area contributed by atoms with E-state index in [4.69, 9.17) is 0 Å². The molecule has 1 heteroatoms. The predicted molar refractivity (Wildman–Crippen MR) is 104 cm³/mol. The first-order valence-corrected chi connectivity index (χ1v) is 9.49. The predicted octanol–water partition coefficient (Wildman–Crippen LogP) is 5.82. The standard InChI is InChI=1S/C23H31N/c1-16(2)18-7-11-20(12-8-18)23(22-6-5-15-24-22)21-13-9-19(10-14-21)17(3)4/h7-14,16-17,22-24H,5-6,15H2,1-4H3. The van der Waals surface area contributed by atoms with Gasteiger partial charge in [-0.3, -0.25) is 0 Å². The van der Waals surface area contributed by atoms with Gasteiger partial charge in [-0.2, -0.15) is 0 Å². The Labute approximate surface area is 147 Å². The van der Waals surface area contributed by atoms with Crippen molar-refractivity contribution in [3.63, 3.8) is 0 Å². The maximum atomic E-state index is 3.73. The molecule has 0 aromatic heterocycles. The summed E-state index contributed by atoms with van der Waals surface area (Å²) in [4.78, 5) is 0. The Hall–Kier alpha value is -1.60. The lowest BCUT2D eigenvalue weighted by Crippen LogP contribution is -2.29. The summed E-state index contributed by atoms with van der Waals surface area (Å²) in [5.41, 5.74) is 5.73. The maximum Gasteiger partial charge on any atom is 0.0243 e. The van der Waals surface area contributed by atoms with Crippen LogP contribution in [0.25, 0.3) is 0 Å². The molecule has 1 aliphatic rings. The highest BCUT2D eigenvalue weighted by Crippen LogP contribution is 2.33. The molecule has 0 saturated carbocycles. The Morgan fingerprint density at radius 2 is 1.12 bits per heavy atom. The first kappa shape index (κ1) is 17.2. The molecule has 1 atom stereocenters. The minimum absolute atomic E-state index is 0.454. The lowest BCUT2D eigenvalue weighted by atomic mass is 9.83. The lowest BCUT2D eigenvalue weighted by Gasteiger charge is -2.26. The van der Waals surface area contributed by atoms with Gasteiger partial charge in [0.15, 0.2) is 0 Å². The van der Waals surface area contributed by atoms with Gasteiger partial charge in [0.25, 0.3) is 0 Å². The molecule has 2 aromatic carbocycles. The van der Waals surface area contributed by atoms with Crippen LogP contribution in [-0.4, -0.2) is 12.6 Å². The Balaban J connectivity index is 1.93. The molecule has 1 saturated heterocycles. The molecule has 1 aliphatic heterocycles. The van der Waals surface area contributed by atoms with E-state index in [2.05, 4.69) is 81.5 Å². The zero-order valence-electron chi connectivity index (χ0n) is 15.5. The molecule has 1 N–H and O–H groups in total. The topological polar surface area (TPSA) is 12.0 Å². The smallest absolute Gasteiger partial charge is 0.0243 e. The first-order valence-electron chi connectivity index (χ1n) is 9.49. The summed E-state index contributed by atoms with van der Waals surface area (Å²) in [6.07, 6.45) is 2.55. The number of hydrogen-bond donors (Lipinski definition) is 1. The molecule has 0 bridgehead atoms. The van der Waals surface area contributed by atoms with E-state index in [9.17, 15) is 0 Å². The van der Waals surface area contributed by atoms with E-state index < -0.39 is 0 Å². The van der Waals surface area contributed by atoms with Gasteiger partial charge in [0.2, 0.25) is 0 Å². The Morgan fingerprint density at radius 1 is 0.708 bits per heavy atom. The van der Waals surface area contributed by atoms with Crippen LogP contribution >= 0.6 is 0 Å². The average Bonchev–Trinajstić information content (AvgIpc) is 3.10. The molecular formula is C23H31N. The summed E-state index contributed by atoms with van der Waals surface area (Å²) in [5, 5.41) is 3.73. The van der Waals surface area contributed by atoms with E-state index >= 15 is 0 Å². The maximum absolute atomic E-state index is 3.73. The van der Waals surface area contributed by atoms with Crippen molar-refractivity contribution in [2.75, 3.05) is 6.54 Å². The van der Waals surface area contributed by atoms with Crippen LogP contribution in [0.15, 0.2) is 48.5 Å². The molecular weight excluding hydrogens is 290 g/mol. The second-order valence-electron chi connectivity index (χ2n) is 7.82. The largest absolute Gasteiger partial charge is 0.313 e. The second-order valence-corrected chi connectivity index (χ2v) is 7.82. The summed E-state index contributed by atoms with van der Waals surface area (Å²) in [6, 6.07) is 19.2. The summed E-state index contributed by atoms with van der Waals surface area (Å²) in [5.74, 6) is 1.63. The third kappa shape index (κ3) is 3.72. The minimum Gasteiger partial charge on any atom is -0.313 e. The van der Waals surface area contributed by atoms with Crippen LogP contribution in [0.1, 0.15) is 80.5 Å². The van der Waals surface area contributed by atoms with E-state index in [1.807, 2.05) is 0 Å². The normalized spacial score (nSPS) is 18.0. The average molecular weight is 322 g/mol. The molecule has 1 fully saturated rings. The Kier molecular flexibility index (Phi) is 5.40. The van der Waals surface area contributed by atoms with Crippen molar-refractivity contribution >= 4 is 0 Å². The highest BCUT2D eigenvalue weighted by Gasteiger charge is 2.27. The molecule has 0 radical (unpaired) electrons. The summed E-state index contributed by atoms with van der Waals surface area (Å²) >= 11 is 0. The van der Waals surface area contributed by atoms with Crippen molar-refractivity contribution in [2.24, 2.45) is 0 Å². The van der Waals surface area contributed by atoms with E-state index in [0.29, 0.717) is 23.8 Å². The van der Waals surface area contributed by atoms with Crippen LogP contribution in [0.3, 0.4) is 0 Å². The molecule has 3 rings (SSSR count). The lowest BCUT2D eigenvalue weighted by molar-refractivity contribution is 0.540. The van der Waals surface area contributed by atoms with E-state index in [1.165, 1.54) is 35.1 Å². The van der Waals surface area contributed by atoms with Gasteiger partial charge in [0.1, 0.15) is 0 Å². The number of nitrogens with one attached hydrogen (secondary N) is 1. The van der Waals surface area contributed by atoms with Crippen LogP contribution in [0.2, 0.25) is 0 Å². The van der Waals surface area contributed by atoms with Gasteiger partial charge in [-0.15, -0.1) is 0 Å². The van der Waals surface area contributed by atoms with Crippen LogP contribution in [0.5, 0.6) is 0 Å². The molecule has 2 aromatic rings. The fourth-order valence-electron chi connectivity index (χ4n) is 3.83. The molecule has 1 heterocycles. The molecule has 24 heavy (non-hydrogen) atoms. The zero-order chi connectivity index (χ0) is 17.1. The fourth-order valence-corrected chi connectivity index (χ4v) is 3.83. The summed E-state index contributed by atoms with van der Waals surface area (Å²) in [7, 11) is 0. The van der Waals surface area contributed by atoms with Gasteiger partial charge in [0, 0.05) is 12.0 Å². The fraction of sp³-hybridized carbons (Fsp3) is 0.478. The third-order valence-electron chi connectivity index (χ3n) is 5.43. The molecule has 1 unspecified atom stereocenters. The molecule has 1 nitrogen and oxygen atoms in total. The summed E-state index contributed by atoms with van der Waals surface area (Å²) in [6.45, 7) is 10.2. The van der Waals surface area contributed by atoms with Crippen LogP contribution in [0.4, 0.5) is 0 Å². The molecule has 0 amide bonds. The van der Waals surface area contributed by atoms with Crippen molar-refractivity contribution in [1.29, 1.82) is 0 Å². The Bertz CT molecular complexity index is 579. The van der Waals surface area contributed by atoms with Crippen molar-refractivity contribution in [1.82, 2.24) is 5.32 Å². The van der Waals surface area contributed by atoms with E-state index in [1.54, 1.807) is 0 Å². The van der Waals surface area contributed by atoms with Gasteiger partial charge < -0.3 is 5.32 Å². The number of hydrogen-bond acceptors (Lipinski definition) is 1. The van der Waals surface area contributed by atoms with Gasteiger partial charge in [0.05, 0.1) is 0 Å². The second kappa shape index (κ2) is 7.53. The van der Waals surface area contributed by atoms with Crippen molar-refractivity contribution in [3.8, 4) is 0 Å². The van der Waals surface area contributed by atoms with Crippen LogP contribution < -0.4 is 5.32 Å². The van der Waals surface area contributed by atoms with Gasteiger partial charge in [-0.1, -0.05) is 76.2 Å². The highest BCUT2D eigenvalue weighted by molar-refractivity contribution is 5.38. The van der Waals surface area contributed by atoms with Crippen LogP contribution in [0, 0.1) is 0 Å². The van der Waals surface area contributed by atoms with Gasteiger partial charge >= 0.3 is 0 Å². The highest BCUT2D eigenvalue weighted by atomic mass is 14.9. The first-order chi connectivity index (χ1) is 11.6. The quantitative estimate of drug-likeness (QED) is 0.732. The van der Waals surface area contributed by atoms with Crippen molar-refractivity contribution in [2.45, 2.75) is 64.3 Å². The van der Waals surface area contributed by atoms with E-state index in [0.717, 1.165) is 6.54 Å². The summed E-state index contributed by atoms with van der Waals surface area (Å²) < 4.78 is 0. The molecule has 0 spiro atoms. The van der Waals surface area contributed by atoms with Crippen LogP contribution in [-0.2, 0) is 0 Å². The molecule has 0 aliphatic carbocycles. The van der Waals surface area contributed by atoms with Gasteiger partial charge in [-0.25, -0.2) is 0 Å². The van der Waals surface area contributed by atoms with E-state index in [-0.39, 0.29) is 0 Å². The Morgan fingerprint density at radius 3 is 1.46 bits per heavy atom. The number of benzene rings is 2. The van der Waals surface area contributed by atoms with Crippen molar-refractivity contribution in [3.05, 3.63) is 70.8 Å². The SMILES string of the molecule is CC(C)c1ccc(C(c2ccc(C(C)C)cc2)C2CCCN2)cc1.